The third-order valence-corrected chi connectivity index (χ3v) is 5.51. The molecule has 0 aliphatic heterocycles. The summed E-state index contributed by atoms with van der Waals surface area (Å²) in [5.74, 6) is -1.22. The van der Waals surface area contributed by atoms with E-state index >= 15 is 0 Å². The minimum Gasteiger partial charge on any atom is -0.481 e. The first-order valence-electron chi connectivity index (χ1n) is 9.30. The Bertz CT molecular complexity index is 1200. The van der Waals surface area contributed by atoms with Crippen LogP contribution in [0.5, 0.6) is 5.88 Å². The van der Waals surface area contributed by atoms with Crippen molar-refractivity contribution >= 4 is 16.6 Å². The van der Waals surface area contributed by atoms with Gasteiger partial charge in [-0.15, -0.1) is 0 Å². The van der Waals surface area contributed by atoms with Crippen LogP contribution in [-0.4, -0.2) is 26.7 Å². The van der Waals surface area contributed by atoms with E-state index in [0.717, 1.165) is 41.5 Å². The molecule has 5 rings (SSSR count). The van der Waals surface area contributed by atoms with E-state index in [4.69, 9.17) is 9.72 Å². The molecule has 1 fully saturated rings. The minimum absolute atomic E-state index is 0.0266. The maximum atomic E-state index is 14.4. The molecule has 0 spiro atoms. The Hall–Kier alpha value is -3.09. The second-order valence-electron chi connectivity index (χ2n) is 7.12. The van der Waals surface area contributed by atoms with Gasteiger partial charge in [-0.05, 0) is 42.7 Å². The van der Waals surface area contributed by atoms with Crippen molar-refractivity contribution in [1.29, 1.82) is 0 Å². The molecule has 0 bridgehead atoms. The second kappa shape index (κ2) is 6.51. The van der Waals surface area contributed by atoms with Gasteiger partial charge in [0.15, 0.2) is 17.3 Å². The highest BCUT2D eigenvalue weighted by Gasteiger charge is 2.27. The van der Waals surface area contributed by atoms with Crippen molar-refractivity contribution in [3.8, 4) is 5.88 Å². The van der Waals surface area contributed by atoms with Crippen molar-refractivity contribution in [3.63, 3.8) is 0 Å². The predicted molar refractivity (Wildman–Crippen MR) is 101 cm³/mol. The Morgan fingerprint density at radius 1 is 1.18 bits per heavy atom. The van der Waals surface area contributed by atoms with Gasteiger partial charge in [-0.2, -0.15) is 5.10 Å². The number of fused-ring (bicyclic) bond motifs is 2. The first-order chi connectivity index (χ1) is 13.7. The van der Waals surface area contributed by atoms with E-state index in [1.54, 1.807) is 18.3 Å². The lowest BCUT2D eigenvalue weighted by Gasteiger charge is -2.24. The SMILES string of the molecule is COc1cc(Cc2c(C3CCC3)nc3cccnn23)c2ccc(F)c(F)c2n1. The molecule has 3 aromatic heterocycles. The number of benzene rings is 1. The minimum atomic E-state index is -0.965. The van der Waals surface area contributed by atoms with Gasteiger partial charge in [0.05, 0.1) is 18.5 Å². The normalized spacial score (nSPS) is 14.5. The smallest absolute Gasteiger partial charge is 0.213 e. The van der Waals surface area contributed by atoms with Gasteiger partial charge in [0.1, 0.15) is 5.52 Å². The highest BCUT2D eigenvalue weighted by atomic mass is 19.2. The summed E-state index contributed by atoms with van der Waals surface area (Å²) in [6.07, 6.45) is 5.61. The van der Waals surface area contributed by atoms with Crippen LogP contribution >= 0.6 is 0 Å². The number of hydrogen-bond donors (Lipinski definition) is 0. The fraction of sp³-hybridized carbons (Fsp3) is 0.286. The molecule has 7 heteroatoms. The average Bonchev–Trinajstić information content (AvgIpc) is 3.01. The number of imidazole rings is 1. The number of nitrogens with zero attached hydrogens (tertiary/aromatic N) is 4. The van der Waals surface area contributed by atoms with E-state index < -0.39 is 11.6 Å². The molecule has 0 amide bonds. The van der Waals surface area contributed by atoms with Gasteiger partial charge in [-0.3, -0.25) is 0 Å². The lowest BCUT2D eigenvalue weighted by molar-refractivity contribution is 0.398. The molecular formula is C21H18F2N4O. The van der Waals surface area contributed by atoms with Crippen LogP contribution in [0.4, 0.5) is 8.78 Å². The zero-order valence-electron chi connectivity index (χ0n) is 15.3. The van der Waals surface area contributed by atoms with E-state index in [9.17, 15) is 8.78 Å². The predicted octanol–water partition coefficient (Wildman–Crippen LogP) is 4.42. The second-order valence-corrected chi connectivity index (χ2v) is 7.12. The number of rotatable bonds is 4. The van der Waals surface area contributed by atoms with Gasteiger partial charge < -0.3 is 4.74 Å². The van der Waals surface area contributed by atoms with Crippen molar-refractivity contribution in [3.05, 3.63) is 65.1 Å². The zero-order chi connectivity index (χ0) is 19.3. The lowest BCUT2D eigenvalue weighted by Crippen LogP contribution is -2.12. The van der Waals surface area contributed by atoms with E-state index in [2.05, 4.69) is 10.1 Å². The van der Waals surface area contributed by atoms with E-state index in [1.165, 1.54) is 13.5 Å². The zero-order valence-corrected chi connectivity index (χ0v) is 15.3. The summed E-state index contributed by atoms with van der Waals surface area (Å²) >= 11 is 0. The molecule has 0 unspecified atom stereocenters. The molecule has 1 aliphatic carbocycles. The van der Waals surface area contributed by atoms with E-state index in [1.807, 2.05) is 16.6 Å². The van der Waals surface area contributed by atoms with Crippen LogP contribution in [0.2, 0.25) is 0 Å². The summed E-state index contributed by atoms with van der Waals surface area (Å²) in [4.78, 5) is 8.92. The summed E-state index contributed by atoms with van der Waals surface area (Å²) in [6, 6.07) is 8.26. The highest BCUT2D eigenvalue weighted by molar-refractivity contribution is 5.84. The summed E-state index contributed by atoms with van der Waals surface area (Å²) < 4.78 is 35.2. The van der Waals surface area contributed by atoms with Crippen LogP contribution in [0, 0.1) is 11.6 Å². The third-order valence-electron chi connectivity index (χ3n) is 5.51. The van der Waals surface area contributed by atoms with Crippen LogP contribution < -0.4 is 4.74 Å². The Balaban J connectivity index is 1.71. The van der Waals surface area contributed by atoms with E-state index in [0.29, 0.717) is 17.7 Å². The van der Waals surface area contributed by atoms with Crippen molar-refractivity contribution < 1.29 is 13.5 Å². The molecule has 1 saturated carbocycles. The maximum absolute atomic E-state index is 14.4. The fourth-order valence-corrected chi connectivity index (χ4v) is 3.84. The van der Waals surface area contributed by atoms with Gasteiger partial charge in [0.25, 0.3) is 0 Å². The first kappa shape index (κ1) is 17.0. The molecule has 0 radical (unpaired) electrons. The van der Waals surface area contributed by atoms with Crippen molar-refractivity contribution in [2.45, 2.75) is 31.6 Å². The number of pyridine rings is 1. The van der Waals surface area contributed by atoms with Gasteiger partial charge in [0, 0.05) is 30.0 Å². The number of halogens is 2. The van der Waals surface area contributed by atoms with Crippen molar-refractivity contribution in [2.75, 3.05) is 7.11 Å². The molecule has 0 N–H and O–H groups in total. The quantitative estimate of drug-likeness (QED) is 0.526. The molecule has 3 heterocycles. The average molecular weight is 380 g/mol. The molecule has 1 aromatic carbocycles. The van der Waals surface area contributed by atoms with Crippen LogP contribution in [-0.2, 0) is 6.42 Å². The standard InChI is InChI=1S/C21H18F2N4O/c1-28-18-11-13(14-7-8-15(22)19(23)21(14)26-18)10-16-20(12-4-2-5-12)25-17-6-3-9-24-27(16)17/h3,6-9,11-12H,2,4-5,10H2,1H3. The Labute approximate surface area is 160 Å². The van der Waals surface area contributed by atoms with Crippen LogP contribution in [0.15, 0.2) is 36.5 Å². The molecule has 1 aliphatic rings. The Morgan fingerprint density at radius 2 is 2.04 bits per heavy atom. The summed E-state index contributed by atoms with van der Waals surface area (Å²) in [5.41, 5.74) is 3.58. The first-order valence-corrected chi connectivity index (χ1v) is 9.30. The molecule has 28 heavy (non-hydrogen) atoms. The summed E-state index contributed by atoms with van der Waals surface area (Å²) in [5, 5.41) is 5.03. The molecule has 142 valence electrons. The van der Waals surface area contributed by atoms with Gasteiger partial charge in [-0.1, -0.05) is 6.42 Å². The fourth-order valence-electron chi connectivity index (χ4n) is 3.84. The Kier molecular flexibility index (Phi) is 3.96. The van der Waals surface area contributed by atoms with Crippen LogP contribution in [0.1, 0.15) is 42.1 Å². The molecule has 0 atom stereocenters. The summed E-state index contributed by atoms with van der Waals surface area (Å²) in [6.45, 7) is 0. The molecule has 5 nitrogen and oxygen atoms in total. The molecule has 4 aromatic rings. The monoisotopic (exact) mass is 380 g/mol. The van der Waals surface area contributed by atoms with Crippen LogP contribution in [0.25, 0.3) is 16.6 Å². The lowest BCUT2D eigenvalue weighted by atomic mass is 9.81. The maximum Gasteiger partial charge on any atom is 0.213 e. The number of ether oxygens (including phenoxy) is 1. The van der Waals surface area contributed by atoms with Gasteiger partial charge in [-0.25, -0.2) is 23.3 Å². The van der Waals surface area contributed by atoms with Crippen molar-refractivity contribution in [2.24, 2.45) is 0 Å². The van der Waals surface area contributed by atoms with Crippen molar-refractivity contribution in [1.82, 2.24) is 19.6 Å². The topological polar surface area (TPSA) is 52.3 Å². The largest absolute Gasteiger partial charge is 0.481 e. The number of aromatic nitrogens is 4. The summed E-state index contributed by atoms with van der Waals surface area (Å²) in [7, 11) is 1.46. The van der Waals surface area contributed by atoms with Crippen LogP contribution in [0.3, 0.4) is 0 Å². The van der Waals surface area contributed by atoms with Gasteiger partial charge in [0.2, 0.25) is 5.88 Å². The van der Waals surface area contributed by atoms with E-state index in [-0.39, 0.29) is 11.4 Å². The van der Waals surface area contributed by atoms with Gasteiger partial charge >= 0.3 is 0 Å². The number of methoxy groups -OCH3 is 1. The Morgan fingerprint density at radius 3 is 2.79 bits per heavy atom. The number of hydrogen-bond acceptors (Lipinski definition) is 4. The third kappa shape index (κ3) is 2.61. The highest BCUT2D eigenvalue weighted by Crippen LogP contribution is 2.39. The molecular weight excluding hydrogens is 362 g/mol. The molecule has 0 saturated heterocycles.